The van der Waals surface area contributed by atoms with Gasteiger partial charge in [0.05, 0.1) is 12.1 Å². The van der Waals surface area contributed by atoms with Crippen molar-refractivity contribution in [3.63, 3.8) is 0 Å². The van der Waals surface area contributed by atoms with Crippen LogP contribution in [0.15, 0.2) is 30.3 Å². The number of piperidine rings is 1. The van der Waals surface area contributed by atoms with Crippen molar-refractivity contribution in [3.05, 3.63) is 35.9 Å². The Morgan fingerprint density at radius 3 is 2.78 bits per heavy atom. The Morgan fingerprint density at radius 2 is 2.17 bits per heavy atom. The summed E-state index contributed by atoms with van der Waals surface area (Å²) in [6.07, 6.45) is 2.53. The van der Waals surface area contributed by atoms with Gasteiger partial charge in [-0.15, -0.1) is 0 Å². The van der Waals surface area contributed by atoms with Gasteiger partial charge in [-0.2, -0.15) is 0 Å². The first-order chi connectivity index (χ1) is 8.74. The minimum absolute atomic E-state index is 0.122. The van der Waals surface area contributed by atoms with E-state index in [2.05, 4.69) is 29.7 Å². The van der Waals surface area contributed by atoms with Crippen LogP contribution in [0, 0.1) is 5.92 Å². The van der Waals surface area contributed by atoms with Crippen LogP contribution >= 0.6 is 0 Å². The zero-order valence-electron chi connectivity index (χ0n) is 11.2. The van der Waals surface area contributed by atoms with Gasteiger partial charge in [0, 0.05) is 6.54 Å². The number of aliphatic hydroxyl groups is 1. The van der Waals surface area contributed by atoms with Crippen molar-refractivity contribution in [1.29, 1.82) is 0 Å². The Kier molecular flexibility index (Phi) is 4.75. The lowest BCUT2D eigenvalue weighted by molar-refractivity contribution is 0.165. The summed E-state index contributed by atoms with van der Waals surface area (Å²) in [5.41, 5.74) is 0.815. The Morgan fingerprint density at radius 1 is 1.39 bits per heavy atom. The highest BCUT2D eigenvalue weighted by Gasteiger charge is 2.26. The van der Waals surface area contributed by atoms with Crippen LogP contribution in [0.4, 0.5) is 0 Å². The predicted molar refractivity (Wildman–Crippen MR) is 74.5 cm³/mol. The molecular formula is C15H24N2O. The Bertz CT molecular complexity index is 349. The molecule has 1 aliphatic rings. The summed E-state index contributed by atoms with van der Waals surface area (Å²) in [4.78, 5) is 0. The van der Waals surface area contributed by atoms with E-state index in [0.29, 0.717) is 5.92 Å². The van der Waals surface area contributed by atoms with Crippen molar-refractivity contribution in [2.45, 2.75) is 25.3 Å². The minimum Gasteiger partial charge on any atom is -0.394 e. The summed E-state index contributed by atoms with van der Waals surface area (Å²) >= 11 is 0. The van der Waals surface area contributed by atoms with E-state index in [0.717, 1.165) is 25.2 Å². The van der Waals surface area contributed by atoms with E-state index in [1.807, 2.05) is 18.2 Å². The molecule has 18 heavy (non-hydrogen) atoms. The molecule has 2 rings (SSSR count). The molecule has 100 valence electrons. The fourth-order valence-corrected chi connectivity index (χ4v) is 2.52. The van der Waals surface area contributed by atoms with Crippen LogP contribution in [0.3, 0.4) is 0 Å². The number of hydrogen-bond donors (Lipinski definition) is 3. The van der Waals surface area contributed by atoms with Crippen molar-refractivity contribution in [1.82, 2.24) is 10.6 Å². The summed E-state index contributed by atoms with van der Waals surface area (Å²) in [5, 5.41) is 16.7. The monoisotopic (exact) mass is 248 g/mol. The molecule has 2 atom stereocenters. The average Bonchev–Trinajstić information content (AvgIpc) is 2.47. The molecule has 3 nitrogen and oxygen atoms in total. The molecule has 3 heteroatoms. The second-order valence-electron chi connectivity index (χ2n) is 5.45. The van der Waals surface area contributed by atoms with E-state index in [1.54, 1.807) is 0 Å². The van der Waals surface area contributed by atoms with Crippen LogP contribution in [0.5, 0.6) is 0 Å². The second-order valence-corrected chi connectivity index (χ2v) is 5.45. The van der Waals surface area contributed by atoms with Crippen molar-refractivity contribution in [2.75, 3.05) is 26.2 Å². The molecule has 0 bridgehead atoms. The second kappa shape index (κ2) is 6.32. The largest absolute Gasteiger partial charge is 0.394 e. The van der Waals surface area contributed by atoms with E-state index < -0.39 is 0 Å². The van der Waals surface area contributed by atoms with Crippen LogP contribution in [0.1, 0.15) is 25.3 Å². The Balaban J connectivity index is 1.95. The molecule has 1 fully saturated rings. The van der Waals surface area contributed by atoms with Gasteiger partial charge in [0.15, 0.2) is 0 Å². The molecule has 2 unspecified atom stereocenters. The Labute approximate surface area is 110 Å². The molecule has 0 saturated carbocycles. The fraction of sp³-hybridized carbons (Fsp3) is 0.600. The van der Waals surface area contributed by atoms with E-state index in [-0.39, 0.29) is 12.1 Å². The molecule has 1 aromatic rings. The number of hydrogen-bond acceptors (Lipinski definition) is 3. The lowest BCUT2D eigenvalue weighted by Gasteiger charge is -2.33. The first-order valence-corrected chi connectivity index (χ1v) is 6.87. The van der Waals surface area contributed by atoms with Crippen molar-refractivity contribution < 1.29 is 5.11 Å². The first-order valence-electron chi connectivity index (χ1n) is 6.87. The highest BCUT2D eigenvalue weighted by Crippen LogP contribution is 2.21. The Hall–Kier alpha value is -0.900. The van der Waals surface area contributed by atoms with Gasteiger partial charge in [-0.25, -0.2) is 0 Å². The standard InChI is InChI=1S/C15H24N2O/c1-15(12-18,14-7-3-2-4-8-14)17-11-13-6-5-9-16-10-13/h2-4,7-8,13,16-18H,5-6,9-12H2,1H3. The normalized spacial score (nSPS) is 23.6. The van der Waals surface area contributed by atoms with Gasteiger partial charge in [-0.05, 0) is 44.3 Å². The van der Waals surface area contributed by atoms with Gasteiger partial charge in [0.2, 0.25) is 0 Å². The summed E-state index contributed by atoms with van der Waals surface area (Å²) in [5.74, 6) is 0.674. The van der Waals surface area contributed by atoms with Gasteiger partial charge < -0.3 is 15.7 Å². The predicted octanol–water partition coefficient (Wildman–Crippen LogP) is 1.48. The average molecular weight is 248 g/mol. The minimum atomic E-state index is -0.335. The maximum absolute atomic E-state index is 9.69. The smallest absolute Gasteiger partial charge is 0.0652 e. The number of benzene rings is 1. The number of aliphatic hydroxyl groups excluding tert-OH is 1. The summed E-state index contributed by atoms with van der Waals surface area (Å²) in [6, 6.07) is 10.2. The van der Waals surface area contributed by atoms with E-state index in [4.69, 9.17) is 0 Å². The van der Waals surface area contributed by atoms with Crippen LogP contribution in [0.2, 0.25) is 0 Å². The molecular weight excluding hydrogens is 224 g/mol. The molecule has 1 heterocycles. The van der Waals surface area contributed by atoms with Gasteiger partial charge in [0.25, 0.3) is 0 Å². The SMILES string of the molecule is CC(CO)(NCC1CCCNC1)c1ccccc1. The number of nitrogens with one attached hydrogen (secondary N) is 2. The molecule has 0 aromatic heterocycles. The maximum Gasteiger partial charge on any atom is 0.0652 e. The molecule has 3 N–H and O–H groups in total. The lowest BCUT2D eigenvalue weighted by atomic mass is 9.91. The summed E-state index contributed by atoms with van der Waals surface area (Å²) in [6.45, 7) is 5.38. The van der Waals surface area contributed by atoms with Gasteiger partial charge in [-0.3, -0.25) is 0 Å². The zero-order chi connectivity index (χ0) is 12.8. The van der Waals surface area contributed by atoms with E-state index in [9.17, 15) is 5.11 Å². The molecule has 0 radical (unpaired) electrons. The van der Waals surface area contributed by atoms with Crippen molar-refractivity contribution in [3.8, 4) is 0 Å². The topological polar surface area (TPSA) is 44.3 Å². The molecule has 1 aromatic carbocycles. The molecule has 1 saturated heterocycles. The first kappa shape index (κ1) is 13.5. The highest BCUT2D eigenvalue weighted by atomic mass is 16.3. The van der Waals surface area contributed by atoms with Crippen molar-refractivity contribution in [2.24, 2.45) is 5.92 Å². The quantitative estimate of drug-likeness (QED) is 0.739. The third-order valence-electron chi connectivity index (χ3n) is 3.91. The van der Waals surface area contributed by atoms with E-state index >= 15 is 0 Å². The third kappa shape index (κ3) is 3.31. The summed E-state index contributed by atoms with van der Waals surface area (Å²) in [7, 11) is 0. The van der Waals surface area contributed by atoms with Crippen LogP contribution in [-0.4, -0.2) is 31.3 Å². The highest BCUT2D eigenvalue weighted by molar-refractivity contribution is 5.23. The molecule has 1 aliphatic heterocycles. The molecule has 0 spiro atoms. The lowest BCUT2D eigenvalue weighted by Crippen LogP contribution is -2.47. The van der Waals surface area contributed by atoms with Gasteiger partial charge in [-0.1, -0.05) is 30.3 Å². The van der Waals surface area contributed by atoms with Crippen molar-refractivity contribution >= 4 is 0 Å². The zero-order valence-corrected chi connectivity index (χ0v) is 11.2. The number of rotatable bonds is 5. The fourth-order valence-electron chi connectivity index (χ4n) is 2.52. The van der Waals surface area contributed by atoms with Crippen LogP contribution < -0.4 is 10.6 Å². The van der Waals surface area contributed by atoms with Crippen LogP contribution in [-0.2, 0) is 5.54 Å². The van der Waals surface area contributed by atoms with E-state index in [1.165, 1.54) is 12.8 Å². The third-order valence-corrected chi connectivity index (χ3v) is 3.91. The summed E-state index contributed by atoms with van der Waals surface area (Å²) < 4.78 is 0. The maximum atomic E-state index is 9.69. The van der Waals surface area contributed by atoms with Gasteiger partial charge in [0.1, 0.15) is 0 Å². The van der Waals surface area contributed by atoms with Gasteiger partial charge >= 0.3 is 0 Å². The van der Waals surface area contributed by atoms with Crippen LogP contribution in [0.25, 0.3) is 0 Å². The molecule has 0 amide bonds. The molecule has 0 aliphatic carbocycles.